The minimum Gasteiger partial charge on any atom is -0.378 e. The Bertz CT molecular complexity index is 739. The van der Waals surface area contributed by atoms with E-state index in [4.69, 9.17) is 16.1 Å². The van der Waals surface area contributed by atoms with Crippen molar-refractivity contribution in [3.63, 3.8) is 0 Å². The number of rotatable bonds is 3. The third-order valence-corrected chi connectivity index (χ3v) is 4.09. The maximum absolute atomic E-state index is 10.8. The molecule has 22 heavy (non-hydrogen) atoms. The summed E-state index contributed by atoms with van der Waals surface area (Å²) >= 11 is 6.02. The van der Waals surface area contributed by atoms with Gasteiger partial charge in [-0.25, -0.2) is 0 Å². The van der Waals surface area contributed by atoms with Gasteiger partial charge in [0.25, 0.3) is 5.89 Å². The highest BCUT2D eigenvalue weighted by atomic mass is 35.5. The zero-order valence-electron chi connectivity index (χ0n) is 12.1. The highest BCUT2D eigenvalue weighted by Crippen LogP contribution is 2.36. The van der Waals surface area contributed by atoms with Gasteiger partial charge in [0.2, 0.25) is 0 Å². The van der Waals surface area contributed by atoms with Gasteiger partial charge in [0.15, 0.2) is 11.4 Å². The molecule has 7 heteroatoms. The highest BCUT2D eigenvalue weighted by molar-refractivity contribution is 6.30. The van der Waals surface area contributed by atoms with Crippen LogP contribution in [0.15, 0.2) is 22.7 Å². The van der Waals surface area contributed by atoms with Crippen LogP contribution in [0.2, 0.25) is 5.02 Å². The fourth-order valence-corrected chi connectivity index (χ4v) is 2.79. The molecule has 2 aromatic rings. The predicted octanol–water partition coefficient (Wildman–Crippen LogP) is 2.25. The Morgan fingerprint density at radius 1 is 1.55 bits per heavy atom. The van der Waals surface area contributed by atoms with E-state index in [2.05, 4.69) is 16.2 Å². The SMILES string of the molecule is CCc1noc(C2(O)CCN(c3cc(Cl)ccc3C#N)C2)n1. The van der Waals surface area contributed by atoms with Crippen molar-refractivity contribution in [1.29, 1.82) is 5.26 Å². The lowest BCUT2D eigenvalue weighted by molar-refractivity contribution is 0.0260. The Morgan fingerprint density at radius 3 is 3.05 bits per heavy atom. The van der Waals surface area contributed by atoms with Gasteiger partial charge < -0.3 is 14.5 Å². The number of halogens is 1. The number of anilines is 1. The van der Waals surface area contributed by atoms with Crippen molar-refractivity contribution < 1.29 is 9.63 Å². The van der Waals surface area contributed by atoms with Crippen LogP contribution in [-0.4, -0.2) is 28.3 Å². The van der Waals surface area contributed by atoms with Gasteiger partial charge in [0.05, 0.1) is 17.8 Å². The number of hydrogen-bond acceptors (Lipinski definition) is 6. The summed E-state index contributed by atoms with van der Waals surface area (Å²) in [4.78, 5) is 6.14. The molecule has 1 aliphatic rings. The Labute approximate surface area is 132 Å². The number of benzene rings is 1. The molecule has 1 aliphatic heterocycles. The summed E-state index contributed by atoms with van der Waals surface area (Å²) in [6.45, 7) is 2.79. The van der Waals surface area contributed by atoms with Gasteiger partial charge in [-0.15, -0.1) is 0 Å². The molecular weight excluding hydrogens is 304 g/mol. The number of aromatic nitrogens is 2. The molecule has 0 saturated carbocycles. The predicted molar refractivity (Wildman–Crippen MR) is 80.6 cm³/mol. The van der Waals surface area contributed by atoms with Crippen LogP contribution < -0.4 is 4.90 Å². The molecule has 2 heterocycles. The van der Waals surface area contributed by atoms with Gasteiger partial charge >= 0.3 is 0 Å². The lowest BCUT2D eigenvalue weighted by Crippen LogP contribution is -2.31. The normalized spacial score (nSPS) is 21.1. The summed E-state index contributed by atoms with van der Waals surface area (Å²) in [6, 6.07) is 7.24. The average molecular weight is 319 g/mol. The van der Waals surface area contributed by atoms with Crippen LogP contribution in [-0.2, 0) is 12.0 Å². The summed E-state index contributed by atoms with van der Waals surface area (Å²) in [5, 5.41) is 24.4. The molecule has 0 radical (unpaired) electrons. The monoisotopic (exact) mass is 318 g/mol. The summed E-state index contributed by atoms with van der Waals surface area (Å²) in [7, 11) is 0. The Kier molecular flexibility index (Phi) is 3.77. The standard InChI is InChI=1S/C15H15ClN4O2/c1-2-13-18-14(22-19-13)15(21)5-6-20(9-15)12-7-11(16)4-3-10(12)8-17/h3-4,7,21H,2,5-6,9H2,1H3. The molecule has 1 N–H and O–H groups in total. The van der Waals surface area contributed by atoms with Crippen LogP contribution >= 0.6 is 11.6 Å². The number of hydrogen-bond donors (Lipinski definition) is 1. The number of β-amino-alcohol motifs (C(OH)–C–C–N with tert-alkyl or cyclic N) is 1. The van der Waals surface area contributed by atoms with E-state index < -0.39 is 5.60 Å². The summed E-state index contributed by atoms with van der Waals surface area (Å²) < 4.78 is 5.18. The van der Waals surface area contributed by atoms with Crippen molar-refractivity contribution in [2.75, 3.05) is 18.0 Å². The molecule has 1 aromatic heterocycles. The molecule has 1 atom stereocenters. The Morgan fingerprint density at radius 2 is 2.36 bits per heavy atom. The zero-order valence-corrected chi connectivity index (χ0v) is 12.8. The average Bonchev–Trinajstić information content (AvgIpc) is 3.15. The molecule has 1 fully saturated rings. The summed E-state index contributed by atoms with van der Waals surface area (Å²) in [6.07, 6.45) is 1.10. The Hall–Kier alpha value is -2.10. The van der Waals surface area contributed by atoms with Crippen LogP contribution in [0.3, 0.4) is 0 Å². The number of nitriles is 1. The van der Waals surface area contributed by atoms with Crippen molar-refractivity contribution in [3.05, 3.63) is 40.5 Å². The summed E-state index contributed by atoms with van der Waals surface area (Å²) in [5.41, 5.74) is 0.0321. The molecule has 0 amide bonds. The second-order valence-electron chi connectivity index (χ2n) is 5.35. The first-order valence-electron chi connectivity index (χ1n) is 7.06. The van der Waals surface area contributed by atoms with Crippen LogP contribution in [0.4, 0.5) is 5.69 Å². The van der Waals surface area contributed by atoms with E-state index in [1.54, 1.807) is 18.2 Å². The van der Waals surface area contributed by atoms with Crippen LogP contribution in [0.1, 0.15) is 30.6 Å². The van der Waals surface area contributed by atoms with E-state index in [0.717, 1.165) is 0 Å². The second kappa shape index (κ2) is 5.59. The number of aliphatic hydroxyl groups is 1. The first kappa shape index (κ1) is 14.8. The van der Waals surface area contributed by atoms with Crippen molar-refractivity contribution in [2.24, 2.45) is 0 Å². The van der Waals surface area contributed by atoms with E-state index in [1.807, 2.05) is 11.8 Å². The maximum Gasteiger partial charge on any atom is 0.260 e. The largest absolute Gasteiger partial charge is 0.378 e. The quantitative estimate of drug-likeness (QED) is 0.934. The fourth-order valence-electron chi connectivity index (χ4n) is 2.62. The fraction of sp³-hybridized carbons (Fsp3) is 0.400. The van der Waals surface area contributed by atoms with E-state index in [9.17, 15) is 10.4 Å². The van der Waals surface area contributed by atoms with Gasteiger partial charge in [-0.05, 0) is 18.2 Å². The van der Waals surface area contributed by atoms with Gasteiger partial charge in [-0.2, -0.15) is 10.2 Å². The zero-order chi connectivity index (χ0) is 15.7. The molecule has 1 saturated heterocycles. The highest BCUT2D eigenvalue weighted by Gasteiger charge is 2.43. The van der Waals surface area contributed by atoms with Gasteiger partial charge in [0.1, 0.15) is 6.07 Å². The van der Waals surface area contributed by atoms with Crippen LogP contribution in [0.5, 0.6) is 0 Å². The number of aryl methyl sites for hydroxylation is 1. The first-order chi connectivity index (χ1) is 10.6. The van der Waals surface area contributed by atoms with Crippen molar-refractivity contribution in [2.45, 2.75) is 25.4 Å². The molecule has 0 aliphatic carbocycles. The Balaban J connectivity index is 1.88. The van der Waals surface area contributed by atoms with E-state index in [0.29, 0.717) is 41.5 Å². The molecule has 114 valence electrons. The van der Waals surface area contributed by atoms with Crippen LogP contribution in [0, 0.1) is 11.3 Å². The smallest absolute Gasteiger partial charge is 0.260 e. The van der Waals surface area contributed by atoms with Crippen molar-refractivity contribution >= 4 is 17.3 Å². The molecule has 0 bridgehead atoms. The molecule has 3 rings (SSSR count). The van der Waals surface area contributed by atoms with Gasteiger partial charge in [-0.3, -0.25) is 0 Å². The second-order valence-corrected chi connectivity index (χ2v) is 5.78. The minimum atomic E-state index is -1.20. The van der Waals surface area contributed by atoms with Crippen molar-refractivity contribution in [1.82, 2.24) is 10.1 Å². The van der Waals surface area contributed by atoms with E-state index in [-0.39, 0.29) is 12.4 Å². The van der Waals surface area contributed by atoms with Crippen molar-refractivity contribution in [3.8, 4) is 6.07 Å². The van der Waals surface area contributed by atoms with Gasteiger partial charge in [-0.1, -0.05) is 23.7 Å². The lowest BCUT2D eigenvalue weighted by atomic mass is 10.0. The maximum atomic E-state index is 10.8. The molecule has 1 unspecified atom stereocenters. The molecular formula is C15H15ClN4O2. The van der Waals surface area contributed by atoms with Crippen LogP contribution in [0.25, 0.3) is 0 Å². The third-order valence-electron chi connectivity index (χ3n) is 3.85. The third kappa shape index (κ3) is 2.54. The molecule has 1 aromatic carbocycles. The van der Waals surface area contributed by atoms with Gasteiger partial charge in [0, 0.05) is 24.4 Å². The number of nitrogens with zero attached hydrogens (tertiary/aromatic N) is 4. The topological polar surface area (TPSA) is 86.2 Å². The summed E-state index contributed by atoms with van der Waals surface area (Å²) in [5.74, 6) is 0.801. The molecule has 0 spiro atoms. The minimum absolute atomic E-state index is 0.229. The van der Waals surface area contributed by atoms with E-state index >= 15 is 0 Å². The lowest BCUT2D eigenvalue weighted by Gasteiger charge is -2.22. The molecule has 6 nitrogen and oxygen atoms in total. The van der Waals surface area contributed by atoms with E-state index in [1.165, 1.54) is 0 Å². The first-order valence-corrected chi connectivity index (χ1v) is 7.43.